The minimum Gasteiger partial charge on any atom is -0.497 e. The lowest BCUT2D eigenvalue weighted by Crippen LogP contribution is -2.38. The Hall–Kier alpha value is -3.15. The van der Waals surface area contributed by atoms with Crippen molar-refractivity contribution in [2.75, 3.05) is 18.6 Å². The molecule has 0 N–H and O–H groups in total. The first kappa shape index (κ1) is 20.1. The fourth-order valence-corrected chi connectivity index (χ4v) is 4.12. The van der Waals surface area contributed by atoms with Gasteiger partial charge in [0, 0.05) is 23.4 Å². The number of aryl methyl sites for hydroxylation is 1. The molecule has 1 amide bonds. The highest BCUT2D eigenvalue weighted by Crippen LogP contribution is 2.30. The van der Waals surface area contributed by atoms with E-state index in [4.69, 9.17) is 4.74 Å². The number of amides is 1. The van der Waals surface area contributed by atoms with Crippen molar-refractivity contribution < 1.29 is 13.9 Å². The molecular formula is C24H26FN3O2. The molecule has 0 atom stereocenters. The molecule has 1 aliphatic carbocycles. The number of ether oxygens (including phenoxy) is 1. The number of anilines is 1. The molecule has 0 radical (unpaired) electrons. The van der Waals surface area contributed by atoms with Crippen LogP contribution >= 0.6 is 0 Å². The largest absolute Gasteiger partial charge is 0.497 e. The number of rotatable bonds is 5. The van der Waals surface area contributed by atoms with Crippen LogP contribution in [0.15, 0.2) is 53.8 Å². The average Bonchev–Trinajstić information content (AvgIpc) is 3.07. The Morgan fingerprint density at radius 1 is 1.30 bits per heavy atom. The number of hydrogen-bond acceptors (Lipinski definition) is 3. The second kappa shape index (κ2) is 7.94. The topological polar surface area (TPSA) is 47.4 Å². The molecule has 1 aromatic heterocycles. The van der Waals surface area contributed by atoms with Gasteiger partial charge in [-0.1, -0.05) is 30.9 Å². The second-order valence-electron chi connectivity index (χ2n) is 7.81. The highest BCUT2D eigenvalue weighted by atomic mass is 19.1. The van der Waals surface area contributed by atoms with E-state index in [0.29, 0.717) is 42.2 Å². The molecule has 2 aromatic rings. The number of benzene rings is 1. The number of methoxy groups -OCH3 is 1. The molecule has 2 aliphatic rings. The van der Waals surface area contributed by atoms with Crippen molar-refractivity contribution in [3.8, 4) is 0 Å². The lowest BCUT2D eigenvalue weighted by Gasteiger charge is -2.27. The van der Waals surface area contributed by atoms with Crippen molar-refractivity contribution in [2.45, 2.75) is 39.7 Å². The third-order valence-electron chi connectivity index (χ3n) is 5.94. The SMILES string of the molecule is C=C(OC)C1=CCCC(Cn2nc3c(c2C)CCN(c2cccc(C)c2F)C3=O)=C1. The fourth-order valence-electron chi connectivity index (χ4n) is 4.12. The lowest BCUT2D eigenvalue weighted by atomic mass is 9.98. The molecular weight excluding hydrogens is 381 g/mol. The number of carbonyl (C=O) groups is 1. The van der Waals surface area contributed by atoms with Crippen LogP contribution in [0.1, 0.15) is 40.2 Å². The minimum atomic E-state index is -0.351. The van der Waals surface area contributed by atoms with Crippen molar-refractivity contribution in [2.24, 2.45) is 0 Å². The van der Waals surface area contributed by atoms with Gasteiger partial charge in [-0.25, -0.2) is 4.39 Å². The van der Waals surface area contributed by atoms with Crippen molar-refractivity contribution >= 4 is 11.6 Å². The van der Waals surface area contributed by atoms with Crippen molar-refractivity contribution in [3.63, 3.8) is 0 Å². The van der Waals surface area contributed by atoms with Crippen LogP contribution in [0, 0.1) is 19.7 Å². The Balaban J connectivity index is 1.62. The molecule has 0 bridgehead atoms. The van der Waals surface area contributed by atoms with E-state index in [1.54, 1.807) is 32.2 Å². The monoisotopic (exact) mass is 407 g/mol. The summed E-state index contributed by atoms with van der Waals surface area (Å²) in [5, 5.41) is 4.63. The van der Waals surface area contributed by atoms with Crippen LogP contribution in [-0.2, 0) is 17.7 Å². The standard InChI is InChI=1S/C24H26FN3O2/c1-15-7-5-10-21(22(15)25)27-12-11-20-16(2)28(26-23(20)24(27)29)14-18-8-6-9-19(13-18)17(3)30-4/h5,7,9-10,13H,3,6,8,11-12,14H2,1-2,4H3. The zero-order chi connectivity index (χ0) is 21.4. The number of carbonyl (C=O) groups excluding carboxylic acids is 1. The molecule has 1 aromatic carbocycles. The molecule has 4 rings (SSSR count). The summed E-state index contributed by atoms with van der Waals surface area (Å²) < 4.78 is 21.8. The Morgan fingerprint density at radius 3 is 2.87 bits per heavy atom. The molecule has 0 unspecified atom stereocenters. The number of halogens is 1. The highest BCUT2D eigenvalue weighted by Gasteiger charge is 2.32. The Morgan fingerprint density at radius 2 is 2.10 bits per heavy atom. The van der Waals surface area contributed by atoms with Crippen molar-refractivity contribution in [1.29, 1.82) is 0 Å². The van der Waals surface area contributed by atoms with Gasteiger partial charge in [0.15, 0.2) is 5.69 Å². The molecule has 0 saturated heterocycles. The number of fused-ring (bicyclic) bond motifs is 1. The Labute approximate surface area is 176 Å². The van der Waals surface area contributed by atoms with E-state index >= 15 is 0 Å². The van der Waals surface area contributed by atoms with Crippen LogP contribution in [0.5, 0.6) is 0 Å². The number of allylic oxidation sites excluding steroid dienone is 3. The normalized spacial score (nSPS) is 16.1. The lowest BCUT2D eigenvalue weighted by molar-refractivity contribution is 0.0974. The first-order valence-corrected chi connectivity index (χ1v) is 10.2. The van der Waals surface area contributed by atoms with Crippen molar-refractivity contribution in [1.82, 2.24) is 9.78 Å². The summed E-state index contributed by atoms with van der Waals surface area (Å²) >= 11 is 0. The van der Waals surface area contributed by atoms with Crippen molar-refractivity contribution in [3.05, 3.63) is 82.2 Å². The summed E-state index contributed by atoms with van der Waals surface area (Å²) in [5.41, 5.74) is 5.42. The van der Waals surface area contributed by atoms with E-state index in [9.17, 15) is 9.18 Å². The van der Waals surface area contributed by atoms with Crippen LogP contribution < -0.4 is 4.90 Å². The molecule has 30 heavy (non-hydrogen) atoms. The summed E-state index contributed by atoms with van der Waals surface area (Å²) in [6.45, 7) is 8.69. The summed E-state index contributed by atoms with van der Waals surface area (Å²) in [7, 11) is 1.62. The number of nitrogens with zero attached hydrogens (tertiary/aromatic N) is 3. The fraction of sp³-hybridized carbons (Fsp3) is 0.333. The summed E-state index contributed by atoms with van der Waals surface area (Å²) in [4.78, 5) is 14.7. The summed E-state index contributed by atoms with van der Waals surface area (Å²) in [6.07, 6.45) is 6.71. The summed E-state index contributed by atoms with van der Waals surface area (Å²) in [5.74, 6) is 0.0544. The molecule has 6 heteroatoms. The van der Waals surface area contributed by atoms with E-state index in [0.717, 1.165) is 29.7 Å². The maximum atomic E-state index is 14.6. The predicted octanol–water partition coefficient (Wildman–Crippen LogP) is 4.65. The van der Waals surface area contributed by atoms with Crippen LogP contribution in [0.4, 0.5) is 10.1 Å². The second-order valence-corrected chi connectivity index (χ2v) is 7.81. The number of aromatic nitrogens is 2. The summed E-state index contributed by atoms with van der Waals surface area (Å²) in [6, 6.07) is 5.13. The number of hydrogen-bond donors (Lipinski definition) is 0. The molecule has 2 heterocycles. The maximum absolute atomic E-state index is 14.6. The molecule has 156 valence electrons. The van der Waals surface area contributed by atoms with Gasteiger partial charge in [-0.05, 0) is 50.3 Å². The van der Waals surface area contributed by atoms with Crippen LogP contribution in [-0.4, -0.2) is 29.3 Å². The van der Waals surface area contributed by atoms with Gasteiger partial charge in [-0.15, -0.1) is 0 Å². The third-order valence-corrected chi connectivity index (χ3v) is 5.94. The van der Waals surface area contributed by atoms with Crippen LogP contribution in [0.3, 0.4) is 0 Å². The van der Waals surface area contributed by atoms with Gasteiger partial charge in [0.05, 0.1) is 19.3 Å². The van der Waals surface area contributed by atoms with Gasteiger partial charge in [-0.2, -0.15) is 5.10 Å². The zero-order valence-electron chi connectivity index (χ0n) is 17.7. The van der Waals surface area contributed by atoms with Crippen LogP contribution in [0.25, 0.3) is 0 Å². The van der Waals surface area contributed by atoms with Gasteiger partial charge in [0.1, 0.15) is 11.6 Å². The average molecular weight is 407 g/mol. The first-order chi connectivity index (χ1) is 14.4. The smallest absolute Gasteiger partial charge is 0.279 e. The quantitative estimate of drug-likeness (QED) is 0.678. The van der Waals surface area contributed by atoms with Gasteiger partial charge in [0.2, 0.25) is 0 Å². The first-order valence-electron chi connectivity index (χ1n) is 10.2. The molecule has 0 spiro atoms. The Kier molecular flexibility index (Phi) is 5.33. The van der Waals surface area contributed by atoms with E-state index in [1.165, 1.54) is 10.5 Å². The Bertz CT molecular complexity index is 1090. The minimum absolute atomic E-state index is 0.242. The van der Waals surface area contributed by atoms with E-state index in [2.05, 4.69) is 23.8 Å². The van der Waals surface area contributed by atoms with Gasteiger partial charge < -0.3 is 9.64 Å². The molecule has 0 fully saturated rings. The molecule has 1 aliphatic heterocycles. The van der Waals surface area contributed by atoms with Gasteiger partial charge in [0.25, 0.3) is 5.91 Å². The molecule has 5 nitrogen and oxygen atoms in total. The zero-order valence-corrected chi connectivity index (χ0v) is 17.7. The van der Waals surface area contributed by atoms with Crippen LogP contribution in [0.2, 0.25) is 0 Å². The highest BCUT2D eigenvalue weighted by molar-refractivity contribution is 6.07. The van der Waals surface area contributed by atoms with Gasteiger partial charge >= 0.3 is 0 Å². The van der Waals surface area contributed by atoms with E-state index in [-0.39, 0.29) is 11.7 Å². The predicted molar refractivity (Wildman–Crippen MR) is 115 cm³/mol. The van der Waals surface area contributed by atoms with E-state index in [1.807, 2.05) is 11.6 Å². The molecule has 0 saturated carbocycles. The van der Waals surface area contributed by atoms with Gasteiger partial charge in [-0.3, -0.25) is 9.48 Å². The van der Waals surface area contributed by atoms with E-state index < -0.39 is 0 Å². The maximum Gasteiger partial charge on any atom is 0.279 e. The third kappa shape index (κ3) is 3.47.